The monoisotopic (exact) mass is 323 g/mol. The Morgan fingerprint density at radius 2 is 1.91 bits per heavy atom. The second-order valence-corrected chi connectivity index (χ2v) is 7.67. The van der Waals surface area contributed by atoms with Crippen LogP contribution < -0.4 is 5.32 Å². The first-order valence-electron chi connectivity index (χ1n) is 8.65. The number of nitrogens with zero attached hydrogens (tertiary/aromatic N) is 2. The van der Waals surface area contributed by atoms with Crippen LogP contribution in [0.4, 0.5) is 5.13 Å². The minimum absolute atomic E-state index is 0.0349. The third-order valence-electron chi connectivity index (χ3n) is 5.39. The van der Waals surface area contributed by atoms with Crippen molar-refractivity contribution < 1.29 is 9.47 Å². The van der Waals surface area contributed by atoms with Crippen LogP contribution in [0.25, 0.3) is 0 Å². The van der Waals surface area contributed by atoms with Gasteiger partial charge in [0.1, 0.15) is 5.82 Å². The highest BCUT2D eigenvalue weighted by Crippen LogP contribution is 2.37. The van der Waals surface area contributed by atoms with E-state index in [2.05, 4.69) is 9.69 Å². The number of nitrogens with one attached hydrogen (secondary N) is 1. The number of anilines is 1. The second kappa shape index (κ2) is 6.42. The first kappa shape index (κ1) is 14.8. The van der Waals surface area contributed by atoms with Crippen molar-refractivity contribution in [2.45, 2.75) is 68.9 Å². The molecular formula is C16H25N3O2S. The Morgan fingerprint density at radius 1 is 1.09 bits per heavy atom. The lowest BCUT2D eigenvalue weighted by Gasteiger charge is -2.43. The Balaban J connectivity index is 1.38. The van der Waals surface area contributed by atoms with E-state index in [1.165, 1.54) is 37.2 Å². The number of hydrogen-bond acceptors (Lipinski definition) is 6. The van der Waals surface area contributed by atoms with Gasteiger partial charge in [-0.25, -0.2) is 4.98 Å². The fourth-order valence-corrected chi connectivity index (χ4v) is 4.78. The smallest absolute Gasteiger partial charge is 0.202 e. The summed E-state index contributed by atoms with van der Waals surface area (Å²) in [6, 6.07) is 0.455. The maximum Gasteiger partial charge on any atom is 0.202 e. The molecule has 0 amide bonds. The molecule has 0 radical (unpaired) electrons. The van der Waals surface area contributed by atoms with Crippen LogP contribution in [-0.2, 0) is 9.47 Å². The summed E-state index contributed by atoms with van der Waals surface area (Å²) in [4.78, 5) is 4.75. The predicted octanol–water partition coefficient (Wildman–Crippen LogP) is 3.34. The largest absolute Gasteiger partial charge is 0.381 e. The van der Waals surface area contributed by atoms with E-state index >= 15 is 0 Å². The summed E-state index contributed by atoms with van der Waals surface area (Å²) in [6.45, 7) is 2.50. The van der Waals surface area contributed by atoms with Gasteiger partial charge in [0.25, 0.3) is 0 Å². The van der Waals surface area contributed by atoms with Crippen molar-refractivity contribution in [1.82, 2.24) is 9.36 Å². The van der Waals surface area contributed by atoms with Crippen LogP contribution in [0, 0.1) is 0 Å². The van der Waals surface area contributed by atoms with Crippen molar-refractivity contribution in [3.8, 4) is 0 Å². The van der Waals surface area contributed by atoms with E-state index in [0.29, 0.717) is 12.0 Å². The zero-order valence-corrected chi connectivity index (χ0v) is 13.9. The van der Waals surface area contributed by atoms with Crippen molar-refractivity contribution >= 4 is 16.7 Å². The molecule has 1 spiro atoms. The Morgan fingerprint density at radius 3 is 2.73 bits per heavy atom. The third-order valence-corrected chi connectivity index (χ3v) is 6.05. The highest BCUT2D eigenvalue weighted by atomic mass is 32.1. The molecule has 3 heterocycles. The quantitative estimate of drug-likeness (QED) is 0.924. The molecule has 1 unspecified atom stereocenters. The van der Waals surface area contributed by atoms with E-state index in [1.807, 2.05) is 0 Å². The van der Waals surface area contributed by atoms with Crippen LogP contribution in [0.3, 0.4) is 0 Å². The van der Waals surface area contributed by atoms with Crippen molar-refractivity contribution in [3.05, 3.63) is 5.82 Å². The summed E-state index contributed by atoms with van der Waals surface area (Å²) in [6.07, 6.45) is 9.35. The number of hydrogen-bond donors (Lipinski definition) is 1. The number of rotatable bonds is 3. The van der Waals surface area contributed by atoms with Crippen molar-refractivity contribution in [1.29, 1.82) is 0 Å². The average Bonchev–Trinajstić information content (AvgIpc) is 3.19. The molecule has 3 fully saturated rings. The molecule has 1 N–H and O–H groups in total. The lowest BCUT2D eigenvalue weighted by atomic mass is 9.84. The molecule has 122 valence electrons. The van der Waals surface area contributed by atoms with Gasteiger partial charge < -0.3 is 14.8 Å². The van der Waals surface area contributed by atoms with Crippen LogP contribution in [0.5, 0.6) is 0 Å². The molecule has 1 atom stereocenters. The van der Waals surface area contributed by atoms with Crippen LogP contribution >= 0.6 is 11.5 Å². The fourth-order valence-electron chi connectivity index (χ4n) is 4.06. The average molecular weight is 323 g/mol. The van der Waals surface area contributed by atoms with Gasteiger partial charge in [0, 0.05) is 43.3 Å². The fraction of sp³-hybridized carbons (Fsp3) is 0.875. The molecule has 0 aromatic carbocycles. The Labute approximate surface area is 136 Å². The highest BCUT2D eigenvalue weighted by molar-refractivity contribution is 7.09. The molecule has 2 aliphatic heterocycles. The van der Waals surface area contributed by atoms with Crippen LogP contribution in [0.2, 0.25) is 0 Å². The van der Waals surface area contributed by atoms with E-state index < -0.39 is 0 Å². The first-order chi connectivity index (χ1) is 10.8. The van der Waals surface area contributed by atoms with Crippen LogP contribution in [0.1, 0.15) is 63.1 Å². The number of ether oxygens (including phenoxy) is 2. The van der Waals surface area contributed by atoms with Crippen LogP contribution in [-0.4, -0.2) is 40.8 Å². The van der Waals surface area contributed by atoms with Gasteiger partial charge in [-0.05, 0) is 38.5 Å². The molecule has 1 aliphatic carbocycles. The highest BCUT2D eigenvalue weighted by Gasteiger charge is 2.39. The lowest BCUT2D eigenvalue weighted by Crippen LogP contribution is -2.47. The third kappa shape index (κ3) is 3.14. The first-order valence-corrected chi connectivity index (χ1v) is 9.42. The van der Waals surface area contributed by atoms with Gasteiger partial charge in [0.15, 0.2) is 0 Å². The minimum atomic E-state index is 0.0349. The van der Waals surface area contributed by atoms with E-state index in [1.54, 1.807) is 0 Å². The SMILES string of the molecule is C1CCC(c2nsc(NC3CCOC4(CCOCC4)C3)n2)C1. The summed E-state index contributed by atoms with van der Waals surface area (Å²) >= 11 is 1.53. The van der Waals surface area contributed by atoms with Gasteiger partial charge in [0.2, 0.25) is 5.13 Å². The molecule has 3 aliphatic rings. The van der Waals surface area contributed by atoms with Gasteiger partial charge in [0.05, 0.1) is 5.60 Å². The van der Waals surface area contributed by atoms with Gasteiger partial charge in [-0.1, -0.05) is 12.8 Å². The van der Waals surface area contributed by atoms with E-state index in [-0.39, 0.29) is 5.60 Å². The summed E-state index contributed by atoms with van der Waals surface area (Å²) in [5.74, 6) is 1.67. The van der Waals surface area contributed by atoms with Gasteiger partial charge >= 0.3 is 0 Å². The molecule has 1 saturated carbocycles. The normalized spacial score (nSPS) is 29.0. The van der Waals surface area contributed by atoms with E-state index in [0.717, 1.165) is 56.5 Å². The molecule has 22 heavy (non-hydrogen) atoms. The Bertz CT molecular complexity index is 490. The summed E-state index contributed by atoms with van der Waals surface area (Å²) in [5.41, 5.74) is 0.0349. The molecule has 4 rings (SSSR count). The zero-order chi connectivity index (χ0) is 14.8. The molecule has 2 saturated heterocycles. The molecule has 0 bridgehead atoms. The lowest BCUT2D eigenvalue weighted by molar-refractivity contribution is -0.135. The van der Waals surface area contributed by atoms with E-state index in [9.17, 15) is 0 Å². The summed E-state index contributed by atoms with van der Waals surface area (Å²) < 4.78 is 16.2. The van der Waals surface area contributed by atoms with Crippen molar-refractivity contribution in [2.75, 3.05) is 25.1 Å². The van der Waals surface area contributed by atoms with Crippen LogP contribution in [0.15, 0.2) is 0 Å². The topological polar surface area (TPSA) is 56.3 Å². The predicted molar refractivity (Wildman–Crippen MR) is 86.5 cm³/mol. The number of aromatic nitrogens is 2. The van der Waals surface area contributed by atoms with E-state index in [4.69, 9.17) is 14.5 Å². The molecule has 1 aromatic rings. The standard InChI is InChI=1S/C16H25N3O2S/c1-2-4-12(3-1)14-18-15(22-19-14)17-13-5-8-21-16(11-13)6-9-20-10-7-16/h12-13H,1-11H2,(H,17,18,19). The zero-order valence-electron chi connectivity index (χ0n) is 13.1. The second-order valence-electron chi connectivity index (χ2n) is 6.92. The van der Waals surface area contributed by atoms with Gasteiger partial charge in [-0.2, -0.15) is 4.37 Å². The van der Waals surface area contributed by atoms with Crippen molar-refractivity contribution in [3.63, 3.8) is 0 Å². The van der Waals surface area contributed by atoms with Crippen molar-refractivity contribution in [2.24, 2.45) is 0 Å². The van der Waals surface area contributed by atoms with Gasteiger partial charge in [-0.15, -0.1) is 0 Å². The van der Waals surface area contributed by atoms with Gasteiger partial charge in [-0.3, -0.25) is 0 Å². The molecule has 1 aromatic heterocycles. The minimum Gasteiger partial charge on any atom is -0.381 e. The Hall–Kier alpha value is -0.720. The summed E-state index contributed by atoms with van der Waals surface area (Å²) in [7, 11) is 0. The molecule has 5 nitrogen and oxygen atoms in total. The maximum absolute atomic E-state index is 6.11. The Kier molecular flexibility index (Phi) is 4.33. The molecular weight excluding hydrogens is 298 g/mol. The molecule has 6 heteroatoms. The summed E-state index contributed by atoms with van der Waals surface area (Å²) in [5, 5.41) is 4.62. The maximum atomic E-state index is 6.11.